The zero-order valence-electron chi connectivity index (χ0n) is 15.3. The number of hydrogen-bond donors (Lipinski definition) is 2. The maximum absolute atomic E-state index is 13.2. The third-order valence-electron chi connectivity index (χ3n) is 3.25. The van der Waals surface area contributed by atoms with Gasteiger partial charge < -0.3 is 15.5 Å². The highest BCUT2D eigenvalue weighted by Crippen LogP contribution is 2.34. The molecule has 1 rings (SSSR count). The molecule has 0 atom stereocenters. The molecule has 1 amide bonds. The van der Waals surface area contributed by atoms with Crippen molar-refractivity contribution in [1.29, 1.82) is 0 Å². The number of nitrogens with one attached hydrogen (secondary N) is 2. The van der Waals surface area contributed by atoms with Crippen molar-refractivity contribution in [2.24, 2.45) is 4.99 Å². The number of halogens is 5. The lowest BCUT2D eigenvalue weighted by Crippen LogP contribution is -2.43. The monoisotopic (exact) mass is 562 g/mol. The molecule has 27 heavy (non-hydrogen) atoms. The van der Waals surface area contributed by atoms with Crippen LogP contribution in [0.1, 0.15) is 18.1 Å². The first-order valence-corrected chi connectivity index (χ1v) is 8.52. The number of benzene rings is 1. The standard InChI is InChI=1S/C17H22BrF3N4O.HI/c1-11(2)8-22-16(24-10-15(26)25(3)4)23-9-12-5-6-13(18)7-14(12)17(19,20)21;/h5-7H,1,8-10H2,2-4H3,(H2,22,23,24);1H. The van der Waals surface area contributed by atoms with Crippen LogP contribution in [0.2, 0.25) is 0 Å². The first kappa shape index (κ1) is 25.7. The zero-order valence-corrected chi connectivity index (χ0v) is 19.2. The number of rotatable bonds is 6. The summed E-state index contributed by atoms with van der Waals surface area (Å²) in [6.45, 7) is 5.71. The molecule has 0 aromatic heterocycles. The molecule has 0 radical (unpaired) electrons. The van der Waals surface area contributed by atoms with Crippen molar-refractivity contribution in [1.82, 2.24) is 15.5 Å². The molecule has 0 heterocycles. The molecule has 0 spiro atoms. The van der Waals surface area contributed by atoms with E-state index < -0.39 is 11.7 Å². The maximum Gasteiger partial charge on any atom is 0.416 e. The molecule has 0 aliphatic carbocycles. The molecular formula is C17H23BrF3IN4O. The predicted molar refractivity (Wildman–Crippen MR) is 115 cm³/mol. The van der Waals surface area contributed by atoms with E-state index in [4.69, 9.17) is 0 Å². The van der Waals surface area contributed by atoms with Crippen molar-refractivity contribution in [3.63, 3.8) is 0 Å². The summed E-state index contributed by atoms with van der Waals surface area (Å²) in [5.74, 6) is 0.0497. The number of likely N-dealkylation sites (N-methyl/N-ethyl adjacent to an activating group) is 1. The molecule has 0 saturated heterocycles. The van der Waals surface area contributed by atoms with Gasteiger partial charge in [0.25, 0.3) is 0 Å². The summed E-state index contributed by atoms with van der Waals surface area (Å²) in [5, 5.41) is 5.74. The second kappa shape index (κ2) is 11.5. The van der Waals surface area contributed by atoms with E-state index in [1.807, 2.05) is 0 Å². The topological polar surface area (TPSA) is 56.7 Å². The summed E-state index contributed by atoms with van der Waals surface area (Å²) < 4.78 is 39.9. The van der Waals surface area contributed by atoms with Gasteiger partial charge in [0.15, 0.2) is 5.96 Å². The Bertz CT molecular complexity index is 693. The van der Waals surface area contributed by atoms with Gasteiger partial charge in [0.1, 0.15) is 0 Å². The Hall–Kier alpha value is -1.30. The Morgan fingerprint density at radius 3 is 2.37 bits per heavy atom. The highest BCUT2D eigenvalue weighted by atomic mass is 127. The van der Waals surface area contributed by atoms with E-state index in [2.05, 4.69) is 38.1 Å². The van der Waals surface area contributed by atoms with Crippen molar-refractivity contribution in [3.8, 4) is 0 Å². The van der Waals surface area contributed by atoms with Crippen molar-refractivity contribution in [2.75, 3.05) is 27.2 Å². The van der Waals surface area contributed by atoms with Crippen LogP contribution in [-0.2, 0) is 17.5 Å². The molecule has 0 aliphatic heterocycles. The van der Waals surface area contributed by atoms with E-state index in [0.717, 1.165) is 11.6 Å². The van der Waals surface area contributed by atoms with E-state index in [1.165, 1.54) is 17.0 Å². The van der Waals surface area contributed by atoms with Gasteiger partial charge in [0.05, 0.1) is 18.7 Å². The number of nitrogens with zero attached hydrogens (tertiary/aromatic N) is 2. The van der Waals surface area contributed by atoms with Gasteiger partial charge in [-0.1, -0.05) is 34.1 Å². The summed E-state index contributed by atoms with van der Waals surface area (Å²) in [6, 6.07) is 3.93. The summed E-state index contributed by atoms with van der Waals surface area (Å²) in [4.78, 5) is 17.3. The van der Waals surface area contributed by atoms with Crippen molar-refractivity contribution in [2.45, 2.75) is 19.6 Å². The number of aliphatic imine (C=N–C) groups is 1. The Morgan fingerprint density at radius 2 is 1.85 bits per heavy atom. The van der Waals surface area contributed by atoms with Gasteiger partial charge in [-0.3, -0.25) is 4.79 Å². The molecule has 2 N–H and O–H groups in total. The molecule has 0 aliphatic rings. The predicted octanol–water partition coefficient (Wildman–Crippen LogP) is 3.79. The average Bonchev–Trinajstić information content (AvgIpc) is 2.53. The number of amides is 1. The third kappa shape index (κ3) is 9.45. The fourth-order valence-corrected chi connectivity index (χ4v) is 2.20. The van der Waals surface area contributed by atoms with Crippen LogP contribution in [0.4, 0.5) is 13.2 Å². The van der Waals surface area contributed by atoms with Crippen molar-refractivity contribution < 1.29 is 18.0 Å². The van der Waals surface area contributed by atoms with Crippen LogP contribution in [0, 0.1) is 0 Å². The van der Waals surface area contributed by atoms with Crippen LogP contribution in [-0.4, -0.2) is 44.0 Å². The smallest absolute Gasteiger partial charge is 0.353 e. The Morgan fingerprint density at radius 1 is 1.26 bits per heavy atom. The molecule has 152 valence electrons. The lowest BCUT2D eigenvalue weighted by Gasteiger charge is -2.16. The average molecular weight is 563 g/mol. The summed E-state index contributed by atoms with van der Waals surface area (Å²) >= 11 is 3.05. The van der Waals surface area contributed by atoms with E-state index in [1.54, 1.807) is 21.0 Å². The molecule has 1 aromatic carbocycles. The van der Waals surface area contributed by atoms with E-state index >= 15 is 0 Å². The van der Waals surface area contributed by atoms with Crippen LogP contribution < -0.4 is 10.6 Å². The van der Waals surface area contributed by atoms with Crippen molar-refractivity contribution in [3.05, 3.63) is 46.0 Å². The Labute approximate surface area is 182 Å². The van der Waals surface area contributed by atoms with Crippen LogP contribution in [0.25, 0.3) is 0 Å². The number of carbonyl (C=O) groups is 1. The van der Waals surface area contributed by atoms with Gasteiger partial charge in [0, 0.05) is 25.1 Å². The van der Waals surface area contributed by atoms with Crippen LogP contribution in [0.5, 0.6) is 0 Å². The first-order chi connectivity index (χ1) is 12.0. The van der Waals surface area contributed by atoms with E-state index in [9.17, 15) is 18.0 Å². The van der Waals surface area contributed by atoms with Crippen LogP contribution >= 0.6 is 39.9 Å². The largest absolute Gasteiger partial charge is 0.416 e. The molecule has 5 nitrogen and oxygen atoms in total. The maximum atomic E-state index is 13.2. The number of alkyl halides is 3. The normalized spacial score (nSPS) is 11.4. The summed E-state index contributed by atoms with van der Waals surface area (Å²) in [7, 11) is 3.22. The van der Waals surface area contributed by atoms with Gasteiger partial charge in [0.2, 0.25) is 5.91 Å². The Kier molecular flexibility index (Phi) is 11.0. The number of carbonyl (C=O) groups excluding carboxylic acids is 1. The summed E-state index contributed by atoms with van der Waals surface area (Å²) in [6.07, 6.45) is -4.48. The number of hydrogen-bond acceptors (Lipinski definition) is 2. The molecule has 0 saturated carbocycles. The van der Waals surface area contributed by atoms with Gasteiger partial charge >= 0.3 is 6.18 Å². The lowest BCUT2D eigenvalue weighted by molar-refractivity contribution is -0.138. The van der Waals surface area contributed by atoms with Gasteiger partial charge in [-0.25, -0.2) is 4.99 Å². The SMILES string of the molecule is C=C(C)CNC(=NCc1ccc(Br)cc1C(F)(F)F)NCC(=O)N(C)C.I. The van der Waals surface area contributed by atoms with Gasteiger partial charge in [-0.2, -0.15) is 13.2 Å². The van der Waals surface area contributed by atoms with Crippen LogP contribution in [0.3, 0.4) is 0 Å². The highest BCUT2D eigenvalue weighted by Gasteiger charge is 2.33. The zero-order chi connectivity index (χ0) is 19.9. The third-order valence-corrected chi connectivity index (χ3v) is 3.74. The molecular weight excluding hydrogens is 540 g/mol. The second-order valence-electron chi connectivity index (χ2n) is 5.92. The molecule has 0 bridgehead atoms. The molecule has 0 unspecified atom stereocenters. The lowest BCUT2D eigenvalue weighted by atomic mass is 10.1. The minimum atomic E-state index is -4.48. The van der Waals surface area contributed by atoms with E-state index in [-0.39, 0.29) is 54.5 Å². The number of guanidine groups is 1. The molecule has 10 heteroatoms. The fraction of sp³-hybridized carbons (Fsp3) is 0.412. The Balaban J connectivity index is 0.00000676. The minimum absolute atomic E-state index is 0. The fourth-order valence-electron chi connectivity index (χ4n) is 1.84. The molecule has 0 fully saturated rings. The van der Waals surface area contributed by atoms with Crippen LogP contribution in [0.15, 0.2) is 39.8 Å². The highest BCUT2D eigenvalue weighted by molar-refractivity contribution is 14.0. The molecule has 1 aromatic rings. The summed E-state index contributed by atoms with van der Waals surface area (Å²) in [5.41, 5.74) is 0.105. The van der Waals surface area contributed by atoms with Gasteiger partial charge in [-0.15, -0.1) is 24.0 Å². The van der Waals surface area contributed by atoms with Gasteiger partial charge in [-0.05, 0) is 24.6 Å². The van der Waals surface area contributed by atoms with Crippen molar-refractivity contribution >= 4 is 51.8 Å². The van der Waals surface area contributed by atoms with E-state index in [0.29, 0.717) is 11.0 Å². The second-order valence-corrected chi connectivity index (χ2v) is 6.83. The first-order valence-electron chi connectivity index (χ1n) is 7.73. The quantitative estimate of drug-likeness (QED) is 0.240. The minimum Gasteiger partial charge on any atom is -0.353 e.